The van der Waals surface area contributed by atoms with E-state index in [1.807, 2.05) is 6.92 Å². The molecule has 0 spiro atoms. The van der Waals surface area contributed by atoms with Crippen LogP contribution in [0.25, 0.3) is 0 Å². The molecule has 1 fully saturated rings. The fourth-order valence-corrected chi connectivity index (χ4v) is 5.00. The van der Waals surface area contributed by atoms with Gasteiger partial charge in [0.1, 0.15) is 16.6 Å². The van der Waals surface area contributed by atoms with Crippen LogP contribution in [0.15, 0.2) is 0 Å². The summed E-state index contributed by atoms with van der Waals surface area (Å²) >= 11 is 7.11. The van der Waals surface area contributed by atoms with Gasteiger partial charge in [-0.15, -0.1) is 0 Å². The molecule has 116 valence electrons. The highest BCUT2D eigenvalue weighted by Gasteiger charge is 2.30. The Bertz CT molecular complexity index is 645. The number of sulfonamides is 1. The van der Waals surface area contributed by atoms with Gasteiger partial charge in [-0.1, -0.05) is 18.5 Å². The Kier molecular flexibility index (Phi) is 5.09. The van der Waals surface area contributed by atoms with Gasteiger partial charge < -0.3 is 4.90 Å². The molecule has 0 atom stereocenters. The maximum Gasteiger partial charge on any atom is 0.211 e. The lowest BCUT2D eigenvalue weighted by molar-refractivity contribution is 0.286. The Morgan fingerprint density at radius 2 is 2.14 bits per heavy atom. The van der Waals surface area contributed by atoms with Crippen LogP contribution < -0.4 is 4.90 Å². The predicted octanol–water partition coefficient (Wildman–Crippen LogP) is 1.92. The molecule has 21 heavy (non-hydrogen) atoms. The van der Waals surface area contributed by atoms with Crippen LogP contribution >= 0.6 is 23.1 Å². The molecule has 0 radical (unpaired) electrons. The Balaban J connectivity index is 2.08. The number of piperidine rings is 1. The monoisotopic (exact) mass is 348 g/mol. The number of rotatable bonds is 4. The zero-order valence-corrected chi connectivity index (χ0v) is 14.3. The Morgan fingerprint density at radius 3 is 2.62 bits per heavy atom. The van der Waals surface area contributed by atoms with Gasteiger partial charge in [-0.05, 0) is 24.4 Å². The van der Waals surface area contributed by atoms with Gasteiger partial charge in [0.15, 0.2) is 5.15 Å². The number of aromatic nitrogens is 1. The van der Waals surface area contributed by atoms with Gasteiger partial charge in [0.25, 0.3) is 0 Å². The van der Waals surface area contributed by atoms with Gasteiger partial charge in [0.2, 0.25) is 10.0 Å². The Hall–Kier alpha value is -0.880. The van der Waals surface area contributed by atoms with Crippen molar-refractivity contribution in [3.8, 4) is 6.07 Å². The van der Waals surface area contributed by atoms with Gasteiger partial charge >= 0.3 is 0 Å². The average molecular weight is 349 g/mol. The zero-order valence-electron chi connectivity index (χ0n) is 11.9. The van der Waals surface area contributed by atoms with Crippen LogP contribution in [0.5, 0.6) is 0 Å². The van der Waals surface area contributed by atoms with E-state index in [0.29, 0.717) is 25.2 Å². The van der Waals surface area contributed by atoms with E-state index in [4.69, 9.17) is 16.9 Å². The van der Waals surface area contributed by atoms with Crippen LogP contribution in [0.4, 0.5) is 5.00 Å². The second kappa shape index (κ2) is 6.48. The van der Waals surface area contributed by atoms with Crippen LogP contribution in [0.3, 0.4) is 0 Å². The molecule has 1 aromatic heterocycles. The van der Waals surface area contributed by atoms with Crippen molar-refractivity contribution in [2.75, 3.05) is 30.8 Å². The summed E-state index contributed by atoms with van der Waals surface area (Å²) < 4.78 is 29.1. The quantitative estimate of drug-likeness (QED) is 0.830. The molecule has 0 N–H and O–H groups in total. The van der Waals surface area contributed by atoms with Gasteiger partial charge in [-0.2, -0.15) is 13.9 Å². The normalized spacial score (nSPS) is 17.2. The summed E-state index contributed by atoms with van der Waals surface area (Å²) in [5.41, 5.74) is 0.413. The fourth-order valence-electron chi connectivity index (χ4n) is 2.69. The minimum absolute atomic E-state index is 0.0233. The van der Waals surface area contributed by atoms with Crippen molar-refractivity contribution in [3.05, 3.63) is 10.7 Å². The van der Waals surface area contributed by atoms with E-state index in [1.165, 1.54) is 17.8 Å². The fraction of sp³-hybridized carbons (Fsp3) is 0.667. The van der Waals surface area contributed by atoms with E-state index in [2.05, 4.69) is 15.3 Å². The number of hydrogen-bond donors (Lipinski definition) is 0. The van der Waals surface area contributed by atoms with Crippen LogP contribution in [0, 0.1) is 11.3 Å². The molecule has 9 heteroatoms. The van der Waals surface area contributed by atoms with Crippen molar-refractivity contribution in [2.24, 2.45) is 0 Å². The maximum atomic E-state index is 11.8. The lowest BCUT2D eigenvalue weighted by atomic mass is 10.1. The molecule has 0 amide bonds. The number of halogens is 1. The largest absolute Gasteiger partial charge is 0.361 e. The number of nitrogens with zero attached hydrogens (tertiary/aromatic N) is 4. The summed E-state index contributed by atoms with van der Waals surface area (Å²) in [5.74, 6) is 0. The third-order valence-electron chi connectivity index (χ3n) is 3.64. The molecule has 1 aliphatic heterocycles. The van der Waals surface area contributed by atoms with Crippen molar-refractivity contribution in [1.82, 2.24) is 8.68 Å². The summed E-state index contributed by atoms with van der Waals surface area (Å²) in [4.78, 5) is 2.06. The number of hydrogen-bond acceptors (Lipinski definition) is 6. The van der Waals surface area contributed by atoms with Gasteiger partial charge in [-0.3, -0.25) is 0 Å². The third kappa shape index (κ3) is 3.48. The Morgan fingerprint density at radius 1 is 1.52 bits per heavy atom. The summed E-state index contributed by atoms with van der Waals surface area (Å²) in [7, 11) is -3.17. The topological polar surface area (TPSA) is 77.3 Å². The molecular formula is C12H17ClN4O2S2. The molecule has 2 rings (SSSR count). The molecule has 0 unspecified atom stereocenters. The van der Waals surface area contributed by atoms with E-state index in [9.17, 15) is 8.42 Å². The van der Waals surface area contributed by atoms with E-state index >= 15 is 0 Å². The molecule has 1 aromatic rings. The molecular weight excluding hydrogens is 332 g/mol. The van der Waals surface area contributed by atoms with Crippen LogP contribution in [0.1, 0.15) is 25.3 Å². The van der Waals surface area contributed by atoms with E-state index in [1.54, 1.807) is 4.31 Å². The smallest absolute Gasteiger partial charge is 0.211 e. The predicted molar refractivity (Wildman–Crippen MR) is 84.3 cm³/mol. The van der Waals surface area contributed by atoms with Gasteiger partial charge in [0, 0.05) is 25.7 Å². The highest BCUT2D eigenvalue weighted by Crippen LogP contribution is 2.33. The third-order valence-corrected chi connectivity index (χ3v) is 6.33. The molecule has 1 saturated heterocycles. The van der Waals surface area contributed by atoms with E-state index in [0.717, 1.165) is 17.8 Å². The van der Waals surface area contributed by atoms with Crippen LogP contribution in [0.2, 0.25) is 5.15 Å². The van der Waals surface area contributed by atoms with Crippen molar-refractivity contribution in [3.63, 3.8) is 0 Å². The standard InChI is InChI=1S/C12H17ClN4O2S2/c1-3-17(21(2,18)19)9-4-6-16(7-5-9)12-10(8-14)11(13)15-20-12/h9H,3-7H2,1-2H3. The Labute approximate surface area is 134 Å². The second-order valence-corrected chi connectivity index (χ2v) is 7.99. The first kappa shape index (κ1) is 16.5. The average Bonchev–Trinajstić information content (AvgIpc) is 2.80. The number of anilines is 1. The minimum atomic E-state index is -3.17. The minimum Gasteiger partial charge on any atom is -0.361 e. The molecule has 0 aliphatic carbocycles. The van der Waals surface area contributed by atoms with Gasteiger partial charge in [-0.25, -0.2) is 8.42 Å². The second-order valence-electron chi connectivity index (χ2n) is 4.95. The lowest BCUT2D eigenvalue weighted by Crippen LogP contribution is -2.47. The molecule has 0 aromatic carbocycles. The summed E-state index contributed by atoms with van der Waals surface area (Å²) in [6.45, 7) is 3.73. The summed E-state index contributed by atoms with van der Waals surface area (Å²) in [6.07, 6.45) is 2.72. The van der Waals surface area contributed by atoms with Crippen LogP contribution in [-0.4, -0.2) is 49.0 Å². The molecule has 6 nitrogen and oxygen atoms in total. The molecule has 0 bridgehead atoms. The molecule has 1 aliphatic rings. The van der Waals surface area contributed by atoms with Crippen molar-refractivity contribution in [2.45, 2.75) is 25.8 Å². The molecule has 0 saturated carbocycles. The van der Waals surface area contributed by atoms with E-state index < -0.39 is 10.0 Å². The first-order valence-corrected chi connectivity index (χ1v) is 9.65. The SMILES string of the molecule is CCN(C1CCN(c2snc(Cl)c2C#N)CC1)S(C)(=O)=O. The van der Waals surface area contributed by atoms with Crippen LogP contribution in [-0.2, 0) is 10.0 Å². The lowest BCUT2D eigenvalue weighted by Gasteiger charge is -2.37. The van der Waals surface area contributed by atoms with E-state index in [-0.39, 0.29) is 11.2 Å². The van der Waals surface area contributed by atoms with Crippen molar-refractivity contribution in [1.29, 1.82) is 5.26 Å². The highest BCUT2D eigenvalue weighted by atomic mass is 35.5. The molecule has 2 heterocycles. The maximum absolute atomic E-state index is 11.8. The first-order chi connectivity index (χ1) is 9.88. The van der Waals surface area contributed by atoms with Crippen molar-refractivity contribution < 1.29 is 8.42 Å². The summed E-state index contributed by atoms with van der Waals surface area (Å²) in [6, 6.07) is 2.10. The van der Waals surface area contributed by atoms with Gasteiger partial charge in [0.05, 0.1) is 6.26 Å². The number of nitriles is 1. The first-order valence-electron chi connectivity index (χ1n) is 6.65. The zero-order chi connectivity index (χ0) is 15.6. The summed E-state index contributed by atoms with van der Waals surface area (Å²) in [5, 5.41) is 10.1. The highest BCUT2D eigenvalue weighted by molar-refractivity contribution is 7.88. The van der Waals surface area contributed by atoms with Crippen molar-refractivity contribution >= 4 is 38.2 Å².